The summed E-state index contributed by atoms with van der Waals surface area (Å²) in [5.74, 6) is 0.907. The van der Waals surface area contributed by atoms with Gasteiger partial charge in [-0.1, -0.05) is 40.5 Å². The molecule has 130 valence electrons. The van der Waals surface area contributed by atoms with Crippen LogP contribution in [-0.2, 0) is 10.4 Å². The molecule has 0 saturated heterocycles. The quantitative estimate of drug-likeness (QED) is 0.626. The van der Waals surface area contributed by atoms with Crippen molar-refractivity contribution in [3.63, 3.8) is 0 Å². The number of benzene rings is 2. The van der Waals surface area contributed by atoms with E-state index in [0.717, 1.165) is 35.6 Å². The highest BCUT2D eigenvalue weighted by Gasteiger charge is 2.64. The lowest BCUT2D eigenvalue weighted by Gasteiger charge is -2.27. The maximum absolute atomic E-state index is 6.38. The van der Waals surface area contributed by atoms with E-state index in [-0.39, 0.29) is 5.92 Å². The van der Waals surface area contributed by atoms with Crippen LogP contribution in [0, 0.1) is 5.92 Å². The zero-order valence-corrected chi connectivity index (χ0v) is 15.3. The van der Waals surface area contributed by atoms with E-state index in [0.29, 0.717) is 16.7 Å². The molecule has 4 nitrogen and oxygen atoms in total. The molecule has 1 aliphatic carbocycles. The minimum Gasteiger partial charge on any atom is -0.481 e. The van der Waals surface area contributed by atoms with Crippen molar-refractivity contribution in [2.24, 2.45) is 11.1 Å². The van der Waals surface area contributed by atoms with Gasteiger partial charge in [-0.15, -0.1) is 0 Å². The van der Waals surface area contributed by atoms with E-state index < -0.39 is 5.60 Å². The predicted molar refractivity (Wildman–Crippen MR) is 99.7 cm³/mol. The minimum absolute atomic E-state index is 0.164. The van der Waals surface area contributed by atoms with Crippen LogP contribution >= 0.6 is 23.2 Å². The molecule has 0 bridgehead atoms. The second kappa shape index (κ2) is 6.52. The summed E-state index contributed by atoms with van der Waals surface area (Å²) in [6.07, 6.45) is 0.856. The first kappa shape index (κ1) is 16.7. The molecule has 0 radical (unpaired) electrons. The Morgan fingerprint density at radius 1 is 1.20 bits per heavy atom. The van der Waals surface area contributed by atoms with Gasteiger partial charge in [0.1, 0.15) is 18.0 Å². The predicted octanol–water partition coefficient (Wildman–Crippen LogP) is 4.24. The lowest BCUT2D eigenvalue weighted by molar-refractivity contribution is 0.139. The van der Waals surface area contributed by atoms with Gasteiger partial charge in [0.25, 0.3) is 0 Å². The molecule has 2 aromatic carbocycles. The molecule has 2 aromatic rings. The third-order valence-electron chi connectivity index (χ3n) is 4.69. The van der Waals surface area contributed by atoms with Gasteiger partial charge in [0.05, 0.1) is 11.6 Å². The van der Waals surface area contributed by atoms with Crippen molar-refractivity contribution in [3.8, 4) is 5.75 Å². The van der Waals surface area contributed by atoms with Crippen molar-refractivity contribution in [1.82, 2.24) is 5.32 Å². The summed E-state index contributed by atoms with van der Waals surface area (Å²) in [6.45, 7) is 1.26. The molecular weight excluding hydrogens is 359 g/mol. The van der Waals surface area contributed by atoms with Crippen molar-refractivity contribution >= 4 is 28.9 Å². The molecule has 0 amide bonds. The van der Waals surface area contributed by atoms with Crippen LogP contribution in [0.1, 0.15) is 17.5 Å². The average Bonchev–Trinajstić information content (AvgIpc) is 3.33. The van der Waals surface area contributed by atoms with Crippen molar-refractivity contribution in [2.45, 2.75) is 12.0 Å². The number of halogens is 2. The van der Waals surface area contributed by atoms with Gasteiger partial charge in [0.15, 0.2) is 0 Å². The number of ether oxygens (including phenoxy) is 1. The van der Waals surface area contributed by atoms with Crippen LogP contribution in [0.15, 0.2) is 47.6 Å². The van der Waals surface area contributed by atoms with E-state index in [2.05, 4.69) is 10.5 Å². The average molecular weight is 377 g/mol. The summed E-state index contributed by atoms with van der Waals surface area (Å²) in [5.41, 5.74) is 2.55. The second-order valence-electron chi connectivity index (χ2n) is 6.31. The Hall–Kier alpha value is -1.75. The third-order valence-corrected chi connectivity index (χ3v) is 5.18. The largest absolute Gasteiger partial charge is 0.481 e. The summed E-state index contributed by atoms with van der Waals surface area (Å²) in [6, 6.07) is 13.4. The van der Waals surface area contributed by atoms with Crippen LogP contribution in [0.3, 0.4) is 0 Å². The van der Waals surface area contributed by atoms with Crippen LogP contribution in [0.2, 0.25) is 10.0 Å². The molecule has 2 aliphatic rings. The van der Waals surface area contributed by atoms with Crippen LogP contribution in [0.5, 0.6) is 5.75 Å². The number of likely N-dealkylation sites (N-methyl/N-ethyl adjacent to an activating group) is 1. The molecule has 1 aliphatic heterocycles. The molecule has 2 unspecified atom stereocenters. The summed E-state index contributed by atoms with van der Waals surface area (Å²) >= 11 is 12.2. The molecule has 25 heavy (non-hydrogen) atoms. The van der Waals surface area contributed by atoms with E-state index in [1.54, 1.807) is 0 Å². The monoisotopic (exact) mass is 376 g/mol. The Kier molecular flexibility index (Phi) is 4.36. The zero-order valence-electron chi connectivity index (χ0n) is 13.8. The Morgan fingerprint density at radius 2 is 1.96 bits per heavy atom. The van der Waals surface area contributed by atoms with Gasteiger partial charge in [-0.2, -0.15) is 0 Å². The molecule has 2 atom stereocenters. The fourth-order valence-electron chi connectivity index (χ4n) is 3.34. The first-order chi connectivity index (χ1) is 12.1. The number of hydrogen-bond donors (Lipinski definition) is 1. The van der Waals surface area contributed by atoms with Gasteiger partial charge in [0.2, 0.25) is 0 Å². The normalized spacial score (nSPS) is 25.1. The summed E-state index contributed by atoms with van der Waals surface area (Å²) < 4.78 is 6.38. The van der Waals surface area contributed by atoms with E-state index in [4.69, 9.17) is 32.8 Å². The first-order valence-electron chi connectivity index (χ1n) is 8.23. The number of fused-ring (bicyclic) bond motifs is 2. The van der Waals surface area contributed by atoms with Crippen LogP contribution in [-0.4, -0.2) is 25.9 Å². The van der Waals surface area contributed by atoms with Gasteiger partial charge in [-0.05, 0) is 42.9 Å². The zero-order chi connectivity index (χ0) is 17.4. The first-order valence-corrected chi connectivity index (χ1v) is 8.99. The van der Waals surface area contributed by atoms with Gasteiger partial charge in [-0.25, -0.2) is 0 Å². The molecule has 1 N–H and O–H groups in total. The van der Waals surface area contributed by atoms with Gasteiger partial charge in [0, 0.05) is 28.6 Å². The van der Waals surface area contributed by atoms with E-state index in [1.165, 1.54) is 0 Å². The highest BCUT2D eigenvalue weighted by Crippen LogP contribution is 2.60. The minimum atomic E-state index is -0.409. The highest BCUT2D eigenvalue weighted by atomic mass is 35.5. The Bertz CT molecular complexity index is 823. The van der Waals surface area contributed by atoms with Crippen LogP contribution < -0.4 is 10.1 Å². The number of oxime groups is 1. The van der Waals surface area contributed by atoms with Gasteiger partial charge < -0.3 is 14.9 Å². The number of nitrogens with one attached hydrogen (secondary N) is 1. The number of hydrogen-bond acceptors (Lipinski definition) is 4. The smallest absolute Gasteiger partial charge is 0.143 e. The van der Waals surface area contributed by atoms with Gasteiger partial charge in [-0.3, -0.25) is 0 Å². The third kappa shape index (κ3) is 2.99. The van der Waals surface area contributed by atoms with E-state index in [9.17, 15) is 0 Å². The Morgan fingerprint density at radius 3 is 2.72 bits per heavy atom. The number of rotatable bonds is 5. The van der Waals surface area contributed by atoms with Gasteiger partial charge >= 0.3 is 0 Å². The molecule has 1 fully saturated rings. The van der Waals surface area contributed by atoms with Crippen LogP contribution in [0.4, 0.5) is 0 Å². The van der Waals surface area contributed by atoms with Crippen LogP contribution in [0.25, 0.3) is 0 Å². The summed E-state index contributed by atoms with van der Waals surface area (Å²) in [4.78, 5) is 5.51. The van der Waals surface area contributed by atoms with Crippen molar-refractivity contribution in [3.05, 3.63) is 63.6 Å². The fourth-order valence-corrected chi connectivity index (χ4v) is 3.62. The van der Waals surface area contributed by atoms with E-state index in [1.807, 2.05) is 49.5 Å². The molecule has 1 heterocycles. The molecule has 0 aromatic heterocycles. The standard InChI is InChI=1S/C19H18Cl2N2O2/c1-22-8-9-24-23-18-15-7-6-14(21)10-17(15)25-19(11-16(18)19)12-2-4-13(20)5-3-12/h2-7,10,16,22H,8-9,11H2,1H3. The summed E-state index contributed by atoms with van der Waals surface area (Å²) in [7, 11) is 1.88. The lowest BCUT2D eigenvalue weighted by Crippen LogP contribution is -2.28. The second-order valence-corrected chi connectivity index (χ2v) is 7.18. The fraction of sp³-hybridized carbons (Fsp3) is 0.316. The number of nitrogens with zero attached hydrogens (tertiary/aromatic N) is 1. The Labute approximate surface area is 156 Å². The van der Waals surface area contributed by atoms with Crippen molar-refractivity contribution in [1.29, 1.82) is 0 Å². The molecule has 4 rings (SSSR count). The molecule has 0 spiro atoms. The SMILES string of the molecule is CNCCON=C1c2ccc(Cl)cc2OC2(c3ccc(Cl)cc3)CC12. The topological polar surface area (TPSA) is 42.8 Å². The van der Waals surface area contributed by atoms with Crippen molar-refractivity contribution < 1.29 is 9.57 Å². The Balaban J connectivity index is 1.71. The summed E-state index contributed by atoms with van der Waals surface area (Å²) in [5, 5.41) is 8.82. The molecule has 1 saturated carbocycles. The molecular formula is C19H18Cl2N2O2. The highest BCUT2D eigenvalue weighted by molar-refractivity contribution is 6.31. The van der Waals surface area contributed by atoms with Crippen molar-refractivity contribution in [2.75, 3.05) is 20.2 Å². The van der Waals surface area contributed by atoms with E-state index >= 15 is 0 Å². The molecule has 6 heteroatoms. The maximum atomic E-state index is 6.38. The maximum Gasteiger partial charge on any atom is 0.143 e. The lowest BCUT2D eigenvalue weighted by atomic mass is 9.96.